The Morgan fingerprint density at radius 2 is 1.80 bits per heavy atom. The van der Waals surface area contributed by atoms with Crippen molar-refractivity contribution < 1.29 is 14.0 Å². The molecule has 1 aliphatic carbocycles. The fourth-order valence-electron chi connectivity index (χ4n) is 2.40. The molecule has 1 saturated carbocycles. The van der Waals surface area contributed by atoms with Crippen LogP contribution in [0.5, 0.6) is 0 Å². The van der Waals surface area contributed by atoms with Gasteiger partial charge < -0.3 is 5.32 Å². The Bertz CT molecular complexity index is 581. The molecule has 7 heteroatoms. The lowest BCUT2D eigenvalue weighted by Crippen LogP contribution is -2.59. The normalized spacial score (nSPS) is 22.9. The van der Waals surface area contributed by atoms with E-state index in [0.29, 0.717) is 0 Å². The van der Waals surface area contributed by atoms with E-state index in [0.717, 1.165) is 25.0 Å². The molecule has 1 aromatic carbocycles. The number of carbonyl (C=O) groups excluding carboxylic acids is 2. The third-order valence-corrected chi connectivity index (χ3v) is 4.07. The Hall–Kier alpha value is -1.33. The van der Waals surface area contributed by atoms with Crippen LogP contribution in [0.15, 0.2) is 12.1 Å². The van der Waals surface area contributed by atoms with Gasteiger partial charge in [0.1, 0.15) is 18.4 Å². The quantitative estimate of drug-likeness (QED) is 0.910. The van der Waals surface area contributed by atoms with Crippen molar-refractivity contribution in [3.63, 3.8) is 0 Å². The molecule has 106 valence electrons. The van der Waals surface area contributed by atoms with Gasteiger partial charge in [-0.2, -0.15) is 0 Å². The average Bonchev–Trinajstić information content (AvgIpc) is 3.15. The summed E-state index contributed by atoms with van der Waals surface area (Å²) in [4.78, 5) is 25.4. The van der Waals surface area contributed by atoms with Gasteiger partial charge in [0.25, 0.3) is 0 Å². The largest absolute Gasteiger partial charge is 0.342 e. The van der Waals surface area contributed by atoms with Crippen LogP contribution >= 0.6 is 23.2 Å². The first-order chi connectivity index (χ1) is 9.47. The number of halogens is 3. The number of hydrogen-bond acceptors (Lipinski definition) is 2. The van der Waals surface area contributed by atoms with Crippen LogP contribution in [0.2, 0.25) is 10.0 Å². The van der Waals surface area contributed by atoms with Crippen molar-refractivity contribution in [2.24, 2.45) is 5.92 Å². The van der Waals surface area contributed by atoms with E-state index in [4.69, 9.17) is 23.2 Å². The Labute approximate surface area is 124 Å². The van der Waals surface area contributed by atoms with E-state index in [1.54, 1.807) is 0 Å². The van der Waals surface area contributed by atoms with Crippen LogP contribution in [0.25, 0.3) is 0 Å². The lowest BCUT2D eigenvalue weighted by atomic mass is 10.1. The highest BCUT2D eigenvalue weighted by Crippen LogP contribution is 2.39. The van der Waals surface area contributed by atoms with E-state index < -0.39 is 11.9 Å². The molecule has 0 spiro atoms. The zero-order valence-electron chi connectivity index (χ0n) is 10.3. The minimum Gasteiger partial charge on any atom is -0.342 e. The summed E-state index contributed by atoms with van der Waals surface area (Å²) in [6.07, 6.45) is 1.82. The van der Waals surface area contributed by atoms with Crippen LogP contribution < -0.4 is 10.2 Å². The second-order valence-electron chi connectivity index (χ2n) is 5.03. The first-order valence-corrected chi connectivity index (χ1v) is 6.98. The summed E-state index contributed by atoms with van der Waals surface area (Å²) in [5.74, 6) is -0.927. The summed E-state index contributed by atoms with van der Waals surface area (Å²) >= 11 is 11.9. The Balaban J connectivity index is 1.99. The highest BCUT2D eigenvalue weighted by atomic mass is 35.5. The van der Waals surface area contributed by atoms with E-state index in [9.17, 15) is 14.0 Å². The molecular weight excluding hydrogens is 306 g/mol. The summed E-state index contributed by atoms with van der Waals surface area (Å²) in [6.45, 7) is -0.160. The smallest absolute Gasteiger partial charge is 0.250 e. The number of rotatable bonds is 2. The molecule has 1 N–H and O–H groups in total. The predicted octanol–water partition coefficient (Wildman–Crippen LogP) is 2.37. The standard InChI is InChI=1S/C13H11Cl2FN2O2/c14-8-3-7(16)4-9(15)12(8)18-5-10(19)17-11(13(18)20)6-1-2-6/h3-4,6,11H,1-2,5H2,(H,17,19). The number of amides is 2. The van der Waals surface area contributed by atoms with E-state index >= 15 is 0 Å². The molecule has 1 heterocycles. The topological polar surface area (TPSA) is 49.4 Å². The second-order valence-corrected chi connectivity index (χ2v) is 5.84. The number of anilines is 1. The van der Waals surface area contributed by atoms with Crippen LogP contribution in [0.1, 0.15) is 12.8 Å². The molecule has 1 unspecified atom stereocenters. The van der Waals surface area contributed by atoms with Gasteiger partial charge in [-0.15, -0.1) is 0 Å². The van der Waals surface area contributed by atoms with Gasteiger partial charge in [0.15, 0.2) is 0 Å². The van der Waals surface area contributed by atoms with Crippen LogP contribution in [-0.4, -0.2) is 24.4 Å². The number of hydrogen-bond donors (Lipinski definition) is 1. The molecule has 20 heavy (non-hydrogen) atoms. The van der Waals surface area contributed by atoms with E-state index in [1.165, 1.54) is 4.90 Å². The number of carbonyl (C=O) groups is 2. The number of nitrogens with one attached hydrogen (secondary N) is 1. The van der Waals surface area contributed by atoms with Crippen molar-refractivity contribution in [1.29, 1.82) is 0 Å². The Kier molecular flexibility index (Phi) is 3.34. The fraction of sp³-hybridized carbons (Fsp3) is 0.385. The van der Waals surface area contributed by atoms with Gasteiger partial charge in [-0.05, 0) is 30.9 Å². The van der Waals surface area contributed by atoms with E-state index in [2.05, 4.69) is 5.32 Å². The highest BCUT2D eigenvalue weighted by molar-refractivity contribution is 6.40. The molecule has 2 fully saturated rings. The molecule has 1 atom stereocenters. The van der Waals surface area contributed by atoms with Crippen LogP contribution in [0.4, 0.5) is 10.1 Å². The zero-order chi connectivity index (χ0) is 14.4. The fourth-order valence-corrected chi connectivity index (χ4v) is 3.07. The average molecular weight is 317 g/mol. The van der Waals surface area contributed by atoms with Gasteiger partial charge >= 0.3 is 0 Å². The summed E-state index contributed by atoms with van der Waals surface area (Å²) < 4.78 is 13.2. The molecule has 0 aromatic heterocycles. The van der Waals surface area contributed by atoms with E-state index in [1.807, 2.05) is 0 Å². The summed E-state index contributed by atoms with van der Waals surface area (Å²) in [6, 6.07) is 1.62. The maximum Gasteiger partial charge on any atom is 0.250 e. The molecule has 2 aliphatic rings. The van der Waals surface area contributed by atoms with Crippen molar-refractivity contribution in [3.05, 3.63) is 28.0 Å². The molecule has 0 bridgehead atoms. The molecule has 1 aromatic rings. The number of benzene rings is 1. The first-order valence-electron chi connectivity index (χ1n) is 6.22. The minimum atomic E-state index is -0.587. The zero-order valence-corrected chi connectivity index (χ0v) is 11.8. The van der Waals surface area contributed by atoms with Crippen LogP contribution in [0, 0.1) is 11.7 Å². The summed E-state index contributed by atoms with van der Waals surface area (Å²) in [5.41, 5.74) is 0.195. The Morgan fingerprint density at radius 3 is 2.35 bits per heavy atom. The molecule has 3 rings (SSSR count). The monoisotopic (exact) mass is 316 g/mol. The summed E-state index contributed by atoms with van der Waals surface area (Å²) in [7, 11) is 0. The third-order valence-electron chi connectivity index (χ3n) is 3.50. The van der Waals surface area contributed by atoms with Gasteiger partial charge in [-0.25, -0.2) is 4.39 Å². The van der Waals surface area contributed by atoms with Gasteiger partial charge in [-0.3, -0.25) is 14.5 Å². The molecule has 0 radical (unpaired) electrons. The van der Waals surface area contributed by atoms with Crippen LogP contribution in [0.3, 0.4) is 0 Å². The van der Waals surface area contributed by atoms with Crippen molar-refractivity contribution in [2.75, 3.05) is 11.4 Å². The minimum absolute atomic E-state index is 0.0209. The van der Waals surface area contributed by atoms with Gasteiger partial charge in [0, 0.05) is 0 Å². The van der Waals surface area contributed by atoms with Gasteiger partial charge in [-0.1, -0.05) is 23.2 Å². The van der Waals surface area contributed by atoms with Crippen LogP contribution in [-0.2, 0) is 9.59 Å². The van der Waals surface area contributed by atoms with Gasteiger partial charge in [0.2, 0.25) is 11.8 Å². The molecule has 1 aliphatic heterocycles. The van der Waals surface area contributed by atoms with Crippen molar-refractivity contribution in [3.8, 4) is 0 Å². The number of nitrogens with zero attached hydrogens (tertiary/aromatic N) is 1. The molecule has 2 amide bonds. The predicted molar refractivity (Wildman–Crippen MR) is 73.4 cm³/mol. The highest BCUT2D eigenvalue weighted by Gasteiger charge is 2.43. The molecule has 1 saturated heterocycles. The lowest BCUT2D eigenvalue weighted by molar-refractivity contribution is -0.131. The van der Waals surface area contributed by atoms with Crippen molar-refractivity contribution >= 4 is 40.7 Å². The van der Waals surface area contributed by atoms with Gasteiger partial charge in [0.05, 0.1) is 15.7 Å². The third kappa shape index (κ3) is 2.36. The Morgan fingerprint density at radius 1 is 1.20 bits per heavy atom. The lowest BCUT2D eigenvalue weighted by Gasteiger charge is -2.33. The first kappa shape index (κ1) is 13.6. The maximum atomic E-state index is 13.2. The molecular formula is C13H11Cl2FN2O2. The second kappa shape index (κ2) is 4.90. The van der Waals surface area contributed by atoms with E-state index in [-0.39, 0.29) is 40.0 Å². The van der Waals surface area contributed by atoms with Crippen molar-refractivity contribution in [2.45, 2.75) is 18.9 Å². The summed E-state index contributed by atoms with van der Waals surface area (Å²) in [5, 5.41) is 2.73. The number of piperazine rings is 1. The molecule has 4 nitrogen and oxygen atoms in total. The maximum absolute atomic E-state index is 13.2. The SMILES string of the molecule is O=C1CN(c2c(Cl)cc(F)cc2Cl)C(=O)C(C2CC2)N1. The van der Waals surface area contributed by atoms with Crippen molar-refractivity contribution in [1.82, 2.24) is 5.32 Å².